The number of ether oxygens (including phenoxy) is 1. The van der Waals surface area contributed by atoms with Crippen LogP contribution in [-0.4, -0.2) is 18.9 Å². The zero-order chi connectivity index (χ0) is 15.7. The van der Waals surface area contributed by atoms with Crippen molar-refractivity contribution < 1.29 is 22.5 Å². The lowest BCUT2D eigenvalue weighted by atomic mass is 9.91. The van der Waals surface area contributed by atoms with Gasteiger partial charge in [0, 0.05) is 0 Å². The summed E-state index contributed by atoms with van der Waals surface area (Å²) in [6.07, 6.45) is 0.622. The SMILES string of the molecule is CCC(C)(C)C(=O)Oc1cc(C)c(S(=O)(=O)[O-])c(C)c1. The molecule has 0 atom stereocenters. The Balaban J connectivity index is 3.17. The minimum Gasteiger partial charge on any atom is -0.744 e. The lowest BCUT2D eigenvalue weighted by Gasteiger charge is -2.21. The summed E-state index contributed by atoms with van der Waals surface area (Å²) in [7, 11) is -4.53. The van der Waals surface area contributed by atoms with Crippen molar-refractivity contribution in [3.63, 3.8) is 0 Å². The molecule has 5 nitrogen and oxygen atoms in total. The zero-order valence-electron chi connectivity index (χ0n) is 12.3. The third-order valence-corrected chi connectivity index (χ3v) is 4.47. The third kappa shape index (κ3) is 3.58. The normalized spacial score (nSPS) is 12.3. The van der Waals surface area contributed by atoms with Crippen LogP contribution >= 0.6 is 0 Å². The molecule has 0 saturated heterocycles. The fourth-order valence-electron chi connectivity index (χ4n) is 1.75. The van der Waals surface area contributed by atoms with E-state index < -0.39 is 21.5 Å². The summed E-state index contributed by atoms with van der Waals surface area (Å²) >= 11 is 0. The molecule has 0 saturated carbocycles. The highest BCUT2D eigenvalue weighted by Crippen LogP contribution is 2.28. The second-order valence-corrected chi connectivity index (χ2v) is 6.78. The van der Waals surface area contributed by atoms with Crippen molar-refractivity contribution >= 4 is 16.1 Å². The van der Waals surface area contributed by atoms with Gasteiger partial charge in [-0.15, -0.1) is 0 Å². The van der Waals surface area contributed by atoms with Crippen LogP contribution in [0.3, 0.4) is 0 Å². The van der Waals surface area contributed by atoms with Gasteiger partial charge in [0.25, 0.3) is 0 Å². The molecule has 0 spiro atoms. The van der Waals surface area contributed by atoms with Gasteiger partial charge in [-0.2, -0.15) is 0 Å². The Bertz CT molecular complexity index is 606. The Morgan fingerprint density at radius 3 is 2.05 bits per heavy atom. The second kappa shape index (κ2) is 5.54. The van der Waals surface area contributed by atoms with E-state index in [1.807, 2.05) is 6.92 Å². The third-order valence-electron chi connectivity index (χ3n) is 3.33. The van der Waals surface area contributed by atoms with Crippen LogP contribution in [0.25, 0.3) is 0 Å². The highest BCUT2D eigenvalue weighted by atomic mass is 32.2. The number of hydrogen-bond donors (Lipinski definition) is 0. The van der Waals surface area contributed by atoms with Gasteiger partial charge >= 0.3 is 5.97 Å². The number of carbonyl (C=O) groups excluding carboxylic acids is 1. The topological polar surface area (TPSA) is 83.5 Å². The number of carbonyl (C=O) groups is 1. The molecule has 0 aliphatic heterocycles. The molecule has 20 heavy (non-hydrogen) atoms. The molecule has 0 aliphatic rings. The molecule has 112 valence electrons. The molecule has 0 bridgehead atoms. The predicted molar refractivity (Wildman–Crippen MR) is 73.6 cm³/mol. The number of benzene rings is 1. The summed E-state index contributed by atoms with van der Waals surface area (Å²) in [6, 6.07) is 2.78. The average Bonchev–Trinajstić information content (AvgIpc) is 2.25. The fraction of sp³-hybridized carbons (Fsp3) is 0.500. The van der Waals surface area contributed by atoms with E-state index in [1.165, 1.54) is 26.0 Å². The molecule has 1 rings (SSSR count). The molecular weight excluding hydrogens is 280 g/mol. The first-order valence-electron chi connectivity index (χ1n) is 6.28. The van der Waals surface area contributed by atoms with E-state index in [2.05, 4.69) is 0 Å². The van der Waals surface area contributed by atoms with E-state index in [4.69, 9.17) is 4.74 Å². The monoisotopic (exact) mass is 299 g/mol. The molecular formula is C14H19O5S-. The van der Waals surface area contributed by atoms with Gasteiger partial charge < -0.3 is 9.29 Å². The minimum absolute atomic E-state index is 0.249. The molecule has 1 aromatic carbocycles. The van der Waals surface area contributed by atoms with Crippen LogP contribution in [0.15, 0.2) is 17.0 Å². The summed E-state index contributed by atoms with van der Waals surface area (Å²) in [5.74, 6) is -0.143. The summed E-state index contributed by atoms with van der Waals surface area (Å²) < 4.78 is 38.7. The Morgan fingerprint density at radius 1 is 1.25 bits per heavy atom. The van der Waals surface area contributed by atoms with Crippen LogP contribution in [0.1, 0.15) is 38.3 Å². The Morgan fingerprint density at radius 2 is 1.70 bits per heavy atom. The molecule has 0 radical (unpaired) electrons. The number of esters is 1. The van der Waals surface area contributed by atoms with Crippen LogP contribution < -0.4 is 4.74 Å². The van der Waals surface area contributed by atoms with E-state index in [0.29, 0.717) is 6.42 Å². The first-order valence-corrected chi connectivity index (χ1v) is 7.69. The van der Waals surface area contributed by atoms with Crippen LogP contribution in [0.2, 0.25) is 0 Å². The van der Waals surface area contributed by atoms with Gasteiger partial charge in [-0.3, -0.25) is 4.79 Å². The molecule has 1 aromatic rings. The number of aryl methyl sites for hydroxylation is 2. The van der Waals surface area contributed by atoms with Crippen molar-refractivity contribution in [1.29, 1.82) is 0 Å². The molecule has 0 amide bonds. The maximum atomic E-state index is 12.0. The number of rotatable bonds is 4. The van der Waals surface area contributed by atoms with Crippen molar-refractivity contribution in [2.45, 2.75) is 45.9 Å². The van der Waals surface area contributed by atoms with Crippen LogP contribution in [0.4, 0.5) is 0 Å². The molecule has 0 heterocycles. The maximum Gasteiger partial charge on any atom is 0.316 e. The van der Waals surface area contributed by atoms with Gasteiger partial charge in [-0.25, -0.2) is 8.42 Å². The Labute approximate surface area is 119 Å². The predicted octanol–water partition coefficient (Wildman–Crippen LogP) is 2.55. The quantitative estimate of drug-likeness (QED) is 0.484. The van der Waals surface area contributed by atoms with Crippen molar-refractivity contribution in [2.75, 3.05) is 0 Å². The summed E-state index contributed by atoms with van der Waals surface area (Å²) in [4.78, 5) is 11.7. The lowest BCUT2D eigenvalue weighted by Crippen LogP contribution is -2.28. The van der Waals surface area contributed by atoms with Crippen LogP contribution in [-0.2, 0) is 14.9 Å². The number of hydrogen-bond acceptors (Lipinski definition) is 5. The van der Waals surface area contributed by atoms with Gasteiger partial charge in [-0.05, 0) is 57.4 Å². The summed E-state index contributed by atoms with van der Waals surface area (Å²) in [6.45, 7) is 8.42. The van der Waals surface area contributed by atoms with Gasteiger partial charge in [0.05, 0.1) is 10.3 Å². The van der Waals surface area contributed by atoms with Crippen molar-refractivity contribution in [1.82, 2.24) is 0 Å². The van der Waals surface area contributed by atoms with Gasteiger partial charge in [-0.1, -0.05) is 6.92 Å². The maximum absolute atomic E-state index is 12.0. The molecule has 0 fully saturated rings. The standard InChI is InChI=1S/C14H20O5S/c1-6-14(4,5)13(15)19-11-7-9(2)12(10(3)8-11)20(16,17)18/h7-8H,6H2,1-5H3,(H,16,17,18)/p-1. The second-order valence-electron chi connectivity index (χ2n) is 5.47. The molecule has 0 unspecified atom stereocenters. The van der Waals surface area contributed by atoms with E-state index in [9.17, 15) is 17.8 Å². The summed E-state index contributed by atoms with van der Waals surface area (Å²) in [5.41, 5.74) is -0.0698. The van der Waals surface area contributed by atoms with E-state index in [-0.39, 0.29) is 21.8 Å². The molecule has 0 aliphatic carbocycles. The average molecular weight is 299 g/mol. The highest BCUT2D eigenvalue weighted by molar-refractivity contribution is 7.85. The molecule has 6 heteroatoms. The van der Waals surface area contributed by atoms with E-state index in [0.717, 1.165) is 0 Å². The molecule has 0 aromatic heterocycles. The Kier molecular flexibility index (Phi) is 4.61. The van der Waals surface area contributed by atoms with Gasteiger partial charge in [0.1, 0.15) is 15.9 Å². The van der Waals surface area contributed by atoms with Crippen molar-refractivity contribution in [2.24, 2.45) is 5.41 Å². The minimum atomic E-state index is -4.53. The smallest absolute Gasteiger partial charge is 0.316 e. The first-order chi connectivity index (χ1) is 8.99. The van der Waals surface area contributed by atoms with Crippen molar-refractivity contribution in [3.8, 4) is 5.75 Å². The highest BCUT2D eigenvalue weighted by Gasteiger charge is 2.28. The Hall–Kier alpha value is -1.40. The molecule has 0 N–H and O–H groups in total. The lowest BCUT2D eigenvalue weighted by molar-refractivity contribution is -0.144. The summed E-state index contributed by atoms with van der Waals surface area (Å²) in [5, 5.41) is 0. The zero-order valence-corrected chi connectivity index (χ0v) is 13.1. The first kappa shape index (κ1) is 16.7. The largest absolute Gasteiger partial charge is 0.744 e. The van der Waals surface area contributed by atoms with Crippen LogP contribution in [0, 0.1) is 19.3 Å². The van der Waals surface area contributed by atoms with E-state index in [1.54, 1.807) is 13.8 Å². The van der Waals surface area contributed by atoms with Gasteiger partial charge in [0.2, 0.25) is 0 Å². The van der Waals surface area contributed by atoms with E-state index >= 15 is 0 Å². The van der Waals surface area contributed by atoms with Gasteiger partial charge in [0.15, 0.2) is 0 Å². The van der Waals surface area contributed by atoms with Crippen LogP contribution in [0.5, 0.6) is 5.75 Å². The fourth-order valence-corrected chi connectivity index (χ4v) is 2.66. The van der Waals surface area contributed by atoms with Crippen molar-refractivity contribution in [3.05, 3.63) is 23.3 Å².